The van der Waals surface area contributed by atoms with E-state index in [2.05, 4.69) is 19.7 Å². The highest BCUT2D eigenvalue weighted by atomic mass is 28.3. The third kappa shape index (κ3) is 3.98. The molecule has 0 N–H and O–H groups in total. The lowest BCUT2D eigenvalue weighted by Crippen LogP contribution is -2.42. The monoisotopic (exact) mass is 254 g/mol. The molecule has 0 aliphatic carbocycles. The Morgan fingerprint density at radius 3 is 2.18 bits per heavy atom. The van der Waals surface area contributed by atoms with Crippen molar-refractivity contribution in [2.75, 3.05) is 0 Å². The molecule has 0 aromatic heterocycles. The Kier molecular flexibility index (Phi) is 4.23. The number of hydrogen-bond acceptors (Lipinski definition) is 2. The van der Waals surface area contributed by atoms with E-state index >= 15 is 0 Å². The van der Waals surface area contributed by atoms with Crippen LogP contribution in [0.1, 0.15) is 33.6 Å². The van der Waals surface area contributed by atoms with Crippen molar-refractivity contribution in [3.63, 3.8) is 0 Å². The van der Waals surface area contributed by atoms with Gasteiger partial charge in [-0.1, -0.05) is 31.8 Å². The smallest absolute Gasteiger partial charge is 0.333 e. The van der Waals surface area contributed by atoms with E-state index in [9.17, 15) is 4.79 Å². The average Bonchev–Trinajstić information content (AvgIpc) is 2.15. The van der Waals surface area contributed by atoms with E-state index in [1.165, 1.54) is 24.9 Å². The highest BCUT2D eigenvalue weighted by molar-refractivity contribution is 6.77. The second-order valence-corrected chi connectivity index (χ2v) is 12.0. The van der Waals surface area contributed by atoms with Crippen molar-refractivity contribution in [2.45, 2.75) is 64.4 Å². The molecule has 0 bridgehead atoms. The third-order valence-corrected chi connectivity index (χ3v) is 7.31. The van der Waals surface area contributed by atoms with Gasteiger partial charge in [-0.05, 0) is 39.5 Å². The summed E-state index contributed by atoms with van der Waals surface area (Å²) in [6.45, 7) is 14.3. The van der Waals surface area contributed by atoms with Crippen molar-refractivity contribution in [1.29, 1.82) is 0 Å². The zero-order valence-corrected chi connectivity index (χ0v) is 12.9. The summed E-state index contributed by atoms with van der Waals surface area (Å²) in [6.07, 6.45) is 2.41. The van der Waals surface area contributed by atoms with Crippen LogP contribution >= 0.6 is 0 Å². The van der Waals surface area contributed by atoms with Crippen LogP contribution in [0.15, 0.2) is 12.2 Å². The fraction of sp³-hybridized carbons (Fsp3) is 0.786. The maximum absolute atomic E-state index is 11.6. The lowest BCUT2D eigenvalue weighted by Gasteiger charge is -2.40. The van der Waals surface area contributed by atoms with Gasteiger partial charge in [0.05, 0.1) is 0 Å². The first-order valence-electron chi connectivity index (χ1n) is 6.53. The zero-order chi connectivity index (χ0) is 13.3. The molecule has 1 aliphatic heterocycles. The van der Waals surface area contributed by atoms with Gasteiger partial charge in [-0.2, -0.15) is 0 Å². The normalized spacial score (nSPS) is 21.0. The van der Waals surface area contributed by atoms with Crippen LogP contribution in [0.25, 0.3) is 0 Å². The topological polar surface area (TPSA) is 26.3 Å². The van der Waals surface area contributed by atoms with Crippen molar-refractivity contribution in [1.82, 2.24) is 0 Å². The first-order chi connectivity index (χ1) is 7.64. The minimum atomic E-state index is -0.931. The summed E-state index contributed by atoms with van der Waals surface area (Å²) in [5, 5.41) is 0. The van der Waals surface area contributed by atoms with Crippen LogP contribution in [0, 0.1) is 5.92 Å². The fourth-order valence-electron chi connectivity index (χ4n) is 2.50. The van der Waals surface area contributed by atoms with Gasteiger partial charge in [0.25, 0.3) is 0 Å². The standard InChI is InChI=1S/C14H26O2Si/c1-11(2)13(15)16-14(3,4)12-7-9-17(5,6)10-8-12/h12H,1,7-10H2,2-6H3. The summed E-state index contributed by atoms with van der Waals surface area (Å²) in [4.78, 5) is 11.6. The summed E-state index contributed by atoms with van der Waals surface area (Å²) in [6, 6.07) is 2.71. The maximum atomic E-state index is 11.6. The Labute approximate surface area is 106 Å². The molecule has 0 aromatic carbocycles. The zero-order valence-electron chi connectivity index (χ0n) is 11.9. The molecule has 1 rings (SSSR count). The minimum Gasteiger partial charge on any atom is -0.456 e. The molecule has 1 heterocycles. The quantitative estimate of drug-likeness (QED) is 0.432. The summed E-state index contributed by atoms with van der Waals surface area (Å²) in [7, 11) is -0.931. The molecule has 1 fully saturated rings. The second-order valence-electron chi connectivity index (χ2n) is 6.71. The van der Waals surface area contributed by atoms with E-state index in [0.717, 1.165) is 0 Å². The van der Waals surface area contributed by atoms with E-state index in [1.807, 2.05) is 13.8 Å². The van der Waals surface area contributed by atoms with Crippen LogP contribution in [0.5, 0.6) is 0 Å². The Balaban J connectivity index is 2.60. The SMILES string of the molecule is C=C(C)C(=O)OC(C)(C)C1CC[Si](C)(C)CC1. The maximum Gasteiger partial charge on any atom is 0.333 e. The Bertz CT molecular complexity index is 308. The molecular formula is C14H26O2Si. The first kappa shape index (κ1) is 14.5. The van der Waals surface area contributed by atoms with Gasteiger partial charge in [0, 0.05) is 13.6 Å². The molecule has 2 nitrogen and oxygen atoms in total. The minimum absolute atomic E-state index is 0.253. The van der Waals surface area contributed by atoms with Gasteiger partial charge >= 0.3 is 5.97 Å². The number of hydrogen-bond donors (Lipinski definition) is 0. The molecule has 0 aromatic rings. The Morgan fingerprint density at radius 1 is 1.29 bits per heavy atom. The molecule has 0 spiro atoms. The van der Waals surface area contributed by atoms with Gasteiger partial charge in [-0.15, -0.1) is 0 Å². The predicted molar refractivity (Wildman–Crippen MR) is 74.8 cm³/mol. The number of carbonyl (C=O) groups is 1. The van der Waals surface area contributed by atoms with Gasteiger partial charge in [-0.25, -0.2) is 4.79 Å². The van der Waals surface area contributed by atoms with Crippen LogP contribution < -0.4 is 0 Å². The molecule has 0 unspecified atom stereocenters. The molecule has 0 saturated carbocycles. The highest BCUT2D eigenvalue weighted by Crippen LogP contribution is 2.39. The summed E-state index contributed by atoms with van der Waals surface area (Å²) < 4.78 is 5.58. The van der Waals surface area contributed by atoms with Gasteiger partial charge in [0.15, 0.2) is 0 Å². The molecule has 0 atom stereocenters. The number of rotatable bonds is 3. The largest absolute Gasteiger partial charge is 0.456 e. The van der Waals surface area contributed by atoms with Crippen LogP contribution in [0.4, 0.5) is 0 Å². The van der Waals surface area contributed by atoms with Gasteiger partial charge in [0.2, 0.25) is 0 Å². The summed E-state index contributed by atoms with van der Waals surface area (Å²) in [5.41, 5.74) is 0.143. The van der Waals surface area contributed by atoms with Gasteiger partial charge in [-0.3, -0.25) is 0 Å². The molecular weight excluding hydrogens is 228 g/mol. The number of carbonyl (C=O) groups excluding carboxylic acids is 1. The third-order valence-electron chi connectivity index (χ3n) is 4.03. The lowest BCUT2D eigenvalue weighted by atomic mass is 9.86. The van der Waals surface area contributed by atoms with Gasteiger partial charge in [0.1, 0.15) is 5.60 Å². The molecule has 0 amide bonds. The Morgan fingerprint density at radius 2 is 1.76 bits per heavy atom. The average molecular weight is 254 g/mol. The summed E-state index contributed by atoms with van der Waals surface area (Å²) in [5.74, 6) is 0.253. The Hall–Kier alpha value is -0.573. The van der Waals surface area contributed by atoms with Crippen molar-refractivity contribution in [3.8, 4) is 0 Å². The molecule has 3 heteroatoms. The van der Waals surface area contributed by atoms with Crippen molar-refractivity contribution in [3.05, 3.63) is 12.2 Å². The van der Waals surface area contributed by atoms with E-state index in [-0.39, 0.29) is 11.6 Å². The molecule has 0 radical (unpaired) electrons. The van der Waals surface area contributed by atoms with E-state index in [0.29, 0.717) is 11.5 Å². The van der Waals surface area contributed by atoms with Crippen molar-refractivity contribution >= 4 is 14.0 Å². The molecule has 17 heavy (non-hydrogen) atoms. The molecule has 1 saturated heterocycles. The van der Waals surface area contributed by atoms with Crippen LogP contribution in [0.3, 0.4) is 0 Å². The number of ether oxygens (including phenoxy) is 1. The van der Waals surface area contributed by atoms with Crippen molar-refractivity contribution in [2.24, 2.45) is 5.92 Å². The van der Waals surface area contributed by atoms with E-state index in [4.69, 9.17) is 4.74 Å². The molecule has 1 aliphatic rings. The van der Waals surface area contributed by atoms with Crippen LogP contribution in [-0.4, -0.2) is 19.6 Å². The van der Waals surface area contributed by atoms with E-state index < -0.39 is 8.07 Å². The van der Waals surface area contributed by atoms with Crippen LogP contribution in [-0.2, 0) is 9.53 Å². The van der Waals surface area contributed by atoms with Crippen molar-refractivity contribution < 1.29 is 9.53 Å². The van der Waals surface area contributed by atoms with Gasteiger partial charge < -0.3 is 4.74 Å². The number of esters is 1. The van der Waals surface area contributed by atoms with E-state index in [1.54, 1.807) is 6.92 Å². The first-order valence-corrected chi connectivity index (χ1v) is 9.94. The molecule has 98 valence electrons. The van der Waals surface area contributed by atoms with Crippen LogP contribution in [0.2, 0.25) is 25.2 Å². The highest BCUT2D eigenvalue weighted by Gasteiger charge is 2.38. The summed E-state index contributed by atoms with van der Waals surface area (Å²) >= 11 is 0. The lowest BCUT2D eigenvalue weighted by molar-refractivity contribution is -0.157. The predicted octanol–water partition coefficient (Wildman–Crippen LogP) is 4.00. The second kappa shape index (κ2) is 4.97. The fourth-order valence-corrected chi connectivity index (χ4v) is 5.01.